The summed E-state index contributed by atoms with van der Waals surface area (Å²) in [6, 6.07) is 13.2. The monoisotopic (exact) mass is 280 g/mol. The van der Waals surface area contributed by atoms with Gasteiger partial charge >= 0.3 is 0 Å². The number of nitrogen functional groups attached to an aromatic ring is 1. The molecule has 1 aromatic heterocycles. The van der Waals surface area contributed by atoms with E-state index in [-0.39, 0.29) is 6.61 Å². The van der Waals surface area contributed by atoms with Crippen molar-refractivity contribution in [2.45, 2.75) is 6.42 Å². The van der Waals surface area contributed by atoms with Crippen LogP contribution in [0.2, 0.25) is 0 Å². The minimum Gasteiger partial charge on any atom is -0.456 e. The van der Waals surface area contributed by atoms with E-state index in [1.807, 2.05) is 42.5 Å². The molecule has 0 atom stereocenters. The van der Waals surface area contributed by atoms with E-state index < -0.39 is 0 Å². The van der Waals surface area contributed by atoms with Crippen LogP contribution in [-0.4, -0.2) is 16.7 Å². The number of anilines is 1. The molecule has 0 spiro atoms. The third kappa shape index (κ3) is 2.66. The molecule has 3 rings (SSSR count). The van der Waals surface area contributed by atoms with Crippen LogP contribution in [0.25, 0.3) is 10.8 Å². The number of ether oxygens (including phenoxy) is 1. The first-order valence-electron chi connectivity index (χ1n) is 6.78. The van der Waals surface area contributed by atoms with Crippen LogP contribution in [0, 0.1) is 0 Å². The number of rotatable bonds is 4. The number of hydrogen-bond acceptors (Lipinski definition) is 4. The van der Waals surface area contributed by atoms with Crippen LogP contribution in [0.3, 0.4) is 0 Å². The Labute approximate surface area is 122 Å². The molecule has 0 aliphatic carbocycles. The molecular formula is C17H16N2O2. The van der Waals surface area contributed by atoms with Crippen molar-refractivity contribution in [3.8, 4) is 11.5 Å². The second-order valence-electron chi connectivity index (χ2n) is 4.76. The molecule has 0 bridgehead atoms. The summed E-state index contributed by atoms with van der Waals surface area (Å²) in [7, 11) is 0. The molecule has 4 heteroatoms. The Morgan fingerprint density at radius 2 is 1.86 bits per heavy atom. The number of nitrogens with two attached hydrogens (primary N) is 1. The lowest BCUT2D eigenvalue weighted by atomic mass is 10.1. The van der Waals surface area contributed by atoms with Crippen molar-refractivity contribution >= 4 is 16.5 Å². The first kappa shape index (κ1) is 13.4. The van der Waals surface area contributed by atoms with Crippen LogP contribution >= 0.6 is 0 Å². The lowest BCUT2D eigenvalue weighted by molar-refractivity contribution is 0.298. The topological polar surface area (TPSA) is 68.4 Å². The molecular weight excluding hydrogens is 264 g/mol. The average molecular weight is 280 g/mol. The van der Waals surface area contributed by atoms with Crippen molar-refractivity contribution < 1.29 is 9.84 Å². The number of aliphatic hydroxyl groups is 1. The number of benzene rings is 2. The summed E-state index contributed by atoms with van der Waals surface area (Å²) in [5.74, 6) is 1.44. The summed E-state index contributed by atoms with van der Waals surface area (Å²) in [5, 5.41) is 10.9. The summed E-state index contributed by atoms with van der Waals surface area (Å²) in [4.78, 5) is 4.14. The number of aromatic nitrogens is 1. The maximum Gasteiger partial charge on any atom is 0.136 e. The molecule has 1 heterocycles. The van der Waals surface area contributed by atoms with Crippen molar-refractivity contribution in [3.05, 3.63) is 60.4 Å². The van der Waals surface area contributed by atoms with Gasteiger partial charge in [-0.3, -0.25) is 4.98 Å². The lowest BCUT2D eigenvalue weighted by Gasteiger charge is -2.13. The van der Waals surface area contributed by atoms with Gasteiger partial charge in [0.2, 0.25) is 0 Å². The normalized spacial score (nSPS) is 10.7. The Morgan fingerprint density at radius 3 is 2.71 bits per heavy atom. The highest BCUT2D eigenvalue weighted by Crippen LogP contribution is 2.33. The molecule has 0 fully saturated rings. The van der Waals surface area contributed by atoms with Gasteiger partial charge in [0.05, 0.1) is 0 Å². The molecule has 3 aromatic rings. The summed E-state index contributed by atoms with van der Waals surface area (Å²) < 4.78 is 6.02. The van der Waals surface area contributed by atoms with E-state index in [1.165, 1.54) is 0 Å². The van der Waals surface area contributed by atoms with E-state index >= 15 is 0 Å². The fourth-order valence-electron chi connectivity index (χ4n) is 2.33. The summed E-state index contributed by atoms with van der Waals surface area (Å²) in [5.41, 5.74) is 7.64. The van der Waals surface area contributed by atoms with Gasteiger partial charge in [-0.25, -0.2) is 0 Å². The standard InChI is InChI=1S/C17H16N2O2/c18-15-5-6-17(14-11-19-9-7-13(14)15)21-16-4-2-1-3-12(16)8-10-20/h1-7,9,11,20H,8,10,18H2. The van der Waals surface area contributed by atoms with Crippen molar-refractivity contribution in [3.63, 3.8) is 0 Å². The maximum atomic E-state index is 9.14. The van der Waals surface area contributed by atoms with Crippen LogP contribution in [0.5, 0.6) is 11.5 Å². The predicted molar refractivity (Wildman–Crippen MR) is 83.5 cm³/mol. The average Bonchev–Trinajstić information content (AvgIpc) is 2.52. The van der Waals surface area contributed by atoms with Crippen LogP contribution in [0.1, 0.15) is 5.56 Å². The van der Waals surface area contributed by atoms with E-state index in [2.05, 4.69) is 4.98 Å². The molecule has 0 aliphatic rings. The van der Waals surface area contributed by atoms with Crippen molar-refractivity contribution in [1.29, 1.82) is 0 Å². The molecule has 0 aliphatic heterocycles. The molecule has 0 saturated carbocycles. The predicted octanol–water partition coefficient (Wildman–Crippen LogP) is 3.14. The molecule has 2 aromatic carbocycles. The Hall–Kier alpha value is -2.59. The highest BCUT2D eigenvalue weighted by atomic mass is 16.5. The summed E-state index contributed by atoms with van der Waals surface area (Å²) in [6.45, 7) is 0.0877. The van der Waals surface area contributed by atoms with Crippen molar-refractivity contribution in [2.24, 2.45) is 0 Å². The Kier molecular flexibility index (Phi) is 3.71. The zero-order valence-electron chi connectivity index (χ0n) is 11.5. The van der Waals surface area contributed by atoms with Gasteiger partial charge in [0.25, 0.3) is 0 Å². The van der Waals surface area contributed by atoms with Gasteiger partial charge in [-0.2, -0.15) is 0 Å². The van der Waals surface area contributed by atoms with E-state index in [9.17, 15) is 0 Å². The molecule has 106 valence electrons. The summed E-state index contributed by atoms with van der Waals surface area (Å²) in [6.07, 6.45) is 4.01. The smallest absolute Gasteiger partial charge is 0.136 e. The van der Waals surface area contributed by atoms with Gasteiger partial charge < -0.3 is 15.6 Å². The number of fused-ring (bicyclic) bond motifs is 1. The molecule has 0 saturated heterocycles. The highest BCUT2D eigenvalue weighted by molar-refractivity contribution is 5.96. The molecule has 21 heavy (non-hydrogen) atoms. The molecule has 4 nitrogen and oxygen atoms in total. The van der Waals surface area contributed by atoms with Crippen LogP contribution in [0.15, 0.2) is 54.9 Å². The third-order valence-corrected chi connectivity index (χ3v) is 3.39. The van der Waals surface area contributed by atoms with Gasteiger partial charge in [-0.05, 0) is 36.2 Å². The van der Waals surface area contributed by atoms with Gasteiger partial charge in [-0.15, -0.1) is 0 Å². The second kappa shape index (κ2) is 5.81. The largest absolute Gasteiger partial charge is 0.456 e. The minimum atomic E-state index is 0.0877. The Bertz CT molecular complexity index is 772. The lowest BCUT2D eigenvalue weighted by Crippen LogP contribution is -1.96. The SMILES string of the molecule is Nc1ccc(Oc2ccccc2CCO)c2cnccc12. The third-order valence-electron chi connectivity index (χ3n) is 3.39. The first-order valence-corrected chi connectivity index (χ1v) is 6.78. The highest BCUT2D eigenvalue weighted by Gasteiger charge is 2.09. The number of nitrogens with zero attached hydrogens (tertiary/aromatic N) is 1. The quantitative estimate of drug-likeness (QED) is 0.720. The van der Waals surface area contributed by atoms with E-state index in [0.29, 0.717) is 17.9 Å². The summed E-state index contributed by atoms with van der Waals surface area (Å²) >= 11 is 0. The Morgan fingerprint density at radius 1 is 1.00 bits per heavy atom. The minimum absolute atomic E-state index is 0.0877. The van der Waals surface area contributed by atoms with Gasteiger partial charge in [0.1, 0.15) is 11.5 Å². The second-order valence-corrected chi connectivity index (χ2v) is 4.76. The van der Waals surface area contributed by atoms with Crippen molar-refractivity contribution in [2.75, 3.05) is 12.3 Å². The fourth-order valence-corrected chi connectivity index (χ4v) is 2.33. The van der Waals surface area contributed by atoms with Crippen molar-refractivity contribution in [1.82, 2.24) is 4.98 Å². The van der Waals surface area contributed by atoms with Gasteiger partial charge in [-0.1, -0.05) is 18.2 Å². The van der Waals surface area contributed by atoms with Crippen LogP contribution < -0.4 is 10.5 Å². The van der Waals surface area contributed by atoms with E-state index in [4.69, 9.17) is 15.6 Å². The number of pyridine rings is 1. The molecule has 0 unspecified atom stereocenters. The maximum absolute atomic E-state index is 9.14. The zero-order valence-corrected chi connectivity index (χ0v) is 11.5. The number of para-hydroxylation sites is 1. The first-order chi connectivity index (χ1) is 10.3. The number of aliphatic hydroxyl groups excluding tert-OH is 1. The fraction of sp³-hybridized carbons (Fsp3) is 0.118. The van der Waals surface area contributed by atoms with E-state index in [1.54, 1.807) is 12.4 Å². The molecule has 0 amide bonds. The zero-order chi connectivity index (χ0) is 14.7. The van der Waals surface area contributed by atoms with Crippen LogP contribution in [0.4, 0.5) is 5.69 Å². The number of hydrogen-bond donors (Lipinski definition) is 2. The molecule has 0 radical (unpaired) electrons. The Balaban J connectivity index is 2.05. The molecule has 3 N–H and O–H groups in total. The van der Waals surface area contributed by atoms with E-state index in [0.717, 1.165) is 22.1 Å². The van der Waals surface area contributed by atoms with Gasteiger partial charge in [0, 0.05) is 35.5 Å². The van der Waals surface area contributed by atoms with Gasteiger partial charge in [0.15, 0.2) is 0 Å². The van der Waals surface area contributed by atoms with Crippen LogP contribution in [-0.2, 0) is 6.42 Å².